The zero-order valence-electron chi connectivity index (χ0n) is 23.9. The van der Waals surface area contributed by atoms with Crippen molar-refractivity contribution in [3.8, 4) is 5.75 Å². The number of rotatable bonds is 9. The van der Waals surface area contributed by atoms with Crippen LogP contribution in [0, 0.1) is 12.8 Å². The van der Waals surface area contributed by atoms with E-state index in [4.69, 9.17) is 4.74 Å². The van der Waals surface area contributed by atoms with Gasteiger partial charge in [-0.1, -0.05) is 80.6 Å². The maximum atomic E-state index is 13.8. The molecule has 2 heterocycles. The molecule has 2 amide bonds. The molecular weight excluding hydrogens is 498 g/mol. The van der Waals surface area contributed by atoms with E-state index in [9.17, 15) is 9.59 Å². The van der Waals surface area contributed by atoms with Gasteiger partial charge in [0, 0.05) is 26.2 Å². The number of piperazine rings is 1. The van der Waals surface area contributed by atoms with E-state index >= 15 is 0 Å². The number of hydrogen-bond donors (Lipinski definition) is 1. The molecule has 2 aliphatic rings. The monoisotopic (exact) mass is 539 g/mol. The number of ether oxygens (including phenoxy) is 1. The molecule has 2 saturated heterocycles. The van der Waals surface area contributed by atoms with E-state index in [0.717, 1.165) is 42.1 Å². The minimum absolute atomic E-state index is 0.00546. The molecule has 1 unspecified atom stereocenters. The highest BCUT2D eigenvalue weighted by atomic mass is 16.5. The first-order chi connectivity index (χ1) is 19.3. The summed E-state index contributed by atoms with van der Waals surface area (Å²) in [6.45, 7) is 9.59. The van der Waals surface area contributed by atoms with Gasteiger partial charge in [0.25, 0.3) is 0 Å². The smallest absolute Gasteiger partial charge is 0.246 e. The Morgan fingerprint density at radius 3 is 2.23 bits per heavy atom. The summed E-state index contributed by atoms with van der Waals surface area (Å²) in [6, 6.07) is 26.1. The van der Waals surface area contributed by atoms with Gasteiger partial charge in [-0.25, -0.2) is 0 Å². The summed E-state index contributed by atoms with van der Waals surface area (Å²) in [4.78, 5) is 31.9. The van der Waals surface area contributed by atoms with E-state index in [2.05, 4.69) is 67.4 Å². The third-order valence-corrected chi connectivity index (χ3v) is 8.37. The van der Waals surface area contributed by atoms with Gasteiger partial charge in [-0.2, -0.15) is 0 Å². The fourth-order valence-electron chi connectivity index (χ4n) is 5.96. The molecule has 3 aromatic rings. The normalized spacial score (nSPS) is 19.2. The Bertz CT molecular complexity index is 1300. The molecule has 210 valence electrons. The highest BCUT2D eigenvalue weighted by Crippen LogP contribution is 2.36. The first-order valence-corrected chi connectivity index (χ1v) is 14.5. The Kier molecular flexibility index (Phi) is 8.55. The maximum absolute atomic E-state index is 13.8. The van der Waals surface area contributed by atoms with Crippen LogP contribution in [0.2, 0.25) is 0 Å². The second kappa shape index (κ2) is 12.3. The summed E-state index contributed by atoms with van der Waals surface area (Å²) in [6.07, 6.45) is 1.91. The Morgan fingerprint density at radius 1 is 0.875 bits per heavy atom. The van der Waals surface area contributed by atoms with Crippen molar-refractivity contribution in [2.45, 2.75) is 71.3 Å². The highest BCUT2D eigenvalue weighted by Gasteiger charge is 2.53. The first-order valence-electron chi connectivity index (χ1n) is 14.5. The summed E-state index contributed by atoms with van der Waals surface area (Å²) in [5, 5.41) is 3.12. The number of benzene rings is 3. The molecule has 40 heavy (non-hydrogen) atoms. The van der Waals surface area contributed by atoms with Gasteiger partial charge in [-0.3, -0.25) is 14.5 Å². The minimum atomic E-state index is -0.807. The van der Waals surface area contributed by atoms with Crippen LogP contribution in [0.3, 0.4) is 0 Å². The molecule has 1 N–H and O–H groups in total. The molecule has 0 bridgehead atoms. The Morgan fingerprint density at radius 2 is 1.55 bits per heavy atom. The lowest BCUT2D eigenvalue weighted by molar-refractivity contribution is -0.162. The maximum Gasteiger partial charge on any atom is 0.246 e. The average Bonchev–Trinajstić information content (AvgIpc) is 2.96. The van der Waals surface area contributed by atoms with Gasteiger partial charge < -0.3 is 15.0 Å². The molecule has 3 aromatic carbocycles. The quantitative estimate of drug-likeness (QED) is 0.391. The summed E-state index contributed by atoms with van der Waals surface area (Å²) < 4.78 is 5.94. The van der Waals surface area contributed by atoms with Crippen molar-refractivity contribution in [3.05, 3.63) is 101 Å². The molecule has 2 aliphatic heterocycles. The van der Waals surface area contributed by atoms with Crippen LogP contribution < -0.4 is 10.1 Å². The van der Waals surface area contributed by atoms with Crippen molar-refractivity contribution in [2.75, 3.05) is 13.1 Å². The van der Waals surface area contributed by atoms with E-state index in [-0.39, 0.29) is 11.8 Å². The zero-order valence-corrected chi connectivity index (χ0v) is 23.9. The van der Waals surface area contributed by atoms with Crippen LogP contribution in [-0.2, 0) is 29.3 Å². The number of hydrogen-bond acceptors (Lipinski definition) is 4. The second-order valence-corrected chi connectivity index (χ2v) is 11.7. The summed E-state index contributed by atoms with van der Waals surface area (Å²) in [5.74, 6) is 1.23. The first kappa shape index (κ1) is 27.9. The summed E-state index contributed by atoms with van der Waals surface area (Å²) in [5.41, 5.74) is 3.79. The molecule has 0 saturated carbocycles. The van der Waals surface area contributed by atoms with Gasteiger partial charge in [0.2, 0.25) is 11.8 Å². The van der Waals surface area contributed by atoms with E-state index in [1.54, 1.807) is 0 Å². The molecule has 0 aromatic heterocycles. The van der Waals surface area contributed by atoms with Crippen molar-refractivity contribution in [1.29, 1.82) is 0 Å². The van der Waals surface area contributed by atoms with Gasteiger partial charge in [0.15, 0.2) is 0 Å². The fraction of sp³-hybridized carbons (Fsp3) is 0.412. The van der Waals surface area contributed by atoms with Gasteiger partial charge in [-0.15, -0.1) is 0 Å². The van der Waals surface area contributed by atoms with Gasteiger partial charge in [0.05, 0.1) is 0 Å². The number of nitrogens with one attached hydrogen (secondary N) is 1. The third-order valence-electron chi connectivity index (χ3n) is 8.37. The van der Waals surface area contributed by atoms with E-state index in [0.29, 0.717) is 38.3 Å². The predicted molar refractivity (Wildman–Crippen MR) is 158 cm³/mol. The highest BCUT2D eigenvalue weighted by molar-refractivity contribution is 6.00. The van der Waals surface area contributed by atoms with Crippen LogP contribution in [-0.4, -0.2) is 46.3 Å². The number of nitrogens with zero attached hydrogens (tertiary/aromatic N) is 2. The number of aryl methyl sites for hydroxylation is 1. The summed E-state index contributed by atoms with van der Waals surface area (Å²) in [7, 11) is 0. The Hall–Kier alpha value is -3.64. The van der Waals surface area contributed by atoms with E-state index in [1.165, 1.54) is 5.56 Å². The molecule has 5 rings (SSSR count). The van der Waals surface area contributed by atoms with Crippen LogP contribution in [0.4, 0.5) is 0 Å². The lowest BCUT2D eigenvalue weighted by Gasteiger charge is -2.52. The largest absolute Gasteiger partial charge is 0.489 e. The summed E-state index contributed by atoms with van der Waals surface area (Å²) >= 11 is 0. The second-order valence-electron chi connectivity index (χ2n) is 11.7. The minimum Gasteiger partial charge on any atom is -0.489 e. The van der Waals surface area contributed by atoms with Gasteiger partial charge in [0.1, 0.15) is 23.9 Å². The molecule has 1 spiro atoms. The SMILES string of the molecule is Cc1ccccc1CN1C(=O)C(CC(C)C)NC(=O)C12CCN(Cc1ccc(OCc3ccccc3)cc1)CC2. The standard InChI is InChI=1S/C34H41N3O3/c1-25(2)21-31-32(38)37(23-29-12-8-7-9-26(29)3)34(33(39)35-31)17-19-36(20-18-34)22-27-13-15-30(16-14-27)40-24-28-10-5-4-6-11-28/h4-16,25,31H,17-24H2,1-3H3,(H,35,39). The third kappa shape index (κ3) is 6.23. The van der Waals surface area contributed by atoms with Gasteiger partial charge in [-0.05, 0) is 66.5 Å². The predicted octanol–water partition coefficient (Wildman–Crippen LogP) is 5.48. The fourth-order valence-corrected chi connectivity index (χ4v) is 5.96. The number of amides is 2. The van der Waals surface area contributed by atoms with Gasteiger partial charge >= 0.3 is 0 Å². The molecular formula is C34H41N3O3. The topological polar surface area (TPSA) is 61.9 Å². The number of piperidine rings is 1. The van der Waals surface area contributed by atoms with Crippen LogP contribution in [0.15, 0.2) is 78.9 Å². The molecule has 6 heteroatoms. The number of likely N-dealkylation sites (tertiary alicyclic amines) is 1. The number of carbonyl (C=O) groups is 2. The van der Waals surface area contributed by atoms with Crippen LogP contribution in [0.25, 0.3) is 0 Å². The Labute approximate surface area is 238 Å². The van der Waals surface area contributed by atoms with Crippen molar-refractivity contribution in [2.24, 2.45) is 5.92 Å². The molecule has 2 fully saturated rings. The molecule has 6 nitrogen and oxygen atoms in total. The lowest BCUT2D eigenvalue weighted by atomic mass is 9.80. The molecule has 0 radical (unpaired) electrons. The van der Waals surface area contributed by atoms with Crippen molar-refractivity contribution in [1.82, 2.24) is 15.1 Å². The van der Waals surface area contributed by atoms with Crippen LogP contribution >= 0.6 is 0 Å². The lowest BCUT2D eigenvalue weighted by Crippen LogP contribution is -2.72. The van der Waals surface area contributed by atoms with Crippen molar-refractivity contribution < 1.29 is 14.3 Å². The van der Waals surface area contributed by atoms with Crippen molar-refractivity contribution in [3.63, 3.8) is 0 Å². The van der Waals surface area contributed by atoms with E-state index < -0.39 is 11.6 Å². The average molecular weight is 540 g/mol. The van der Waals surface area contributed by atoms with E-state index in [1.807, 2.05) is 47.4 Å². The zero-order chi connectivity index (χ0) is 28.1. The number of carbonyl (C=O) groups excluding carboxylic acids is 2. The van der Waals surface area contributed by atoms with Crippen LogP contribution in [0.5, 0.6) is 5.75 Å². The Balaban J connectivity index is 1.25. The van der Waals surface area contributed by atoms with Crippen molar-refractivity contribution >= 4 is 11.8 Å². The molecule has 1 atom stereocenters. The molecule has 0 aliphatic carbocycles. The van der Waals surface area contributed by atoms with Crippen LogP contribution in [0.1, 0.15) is 55.4 Å².